The highest BCUT2D eigenvalue weighted by Gasteiger charge is 2.45. The van der Waals surface area contributed by atoms with Crippen molar-refractivity contribution in [3.8, 4) is 0 Å². The first-order valence-corrected chi connectivity index (χ1v) is 9.07. The molecular weight excluding hydrogens is 296 g/mol. The Kier molecular flexibility index (Phi) is 6.48. The van der Waals surface area contributed by atoms with E-state index in [-0.39, 0.29) is 36.8 Å². The van der Waals surface area contributed by atoms with E-state index < -0.39 is 18.5 Å². The van der Waals surface area contributed by atoms with Crippen LogP contribution < -0.4 is 0 Å². The molecule has 2 rings (SSSR count). The fourth-order valence-electron chi connectivity index (χ4n) is 3.82. The van der Waals surface area contributed by atoms with Crippen LogP contribution in [0.4, 0.5) is 0 Å². The van der Waals surface area contributed by atoms with Crippen LogP contribution >= 0.6 is 0 Å². The van der Waals surface area contributed by atoms with Crippen molar-refractivity contribution < 1.29 is 24.4 Å². The average molecular weight is 330 g/mol. The van der Waals surface area contributed by atoms with Gasteiger partial charge in [0.05, 0.1) is 31.0 Å². The molecule has 2 saturated heterocycles. The summed E-state index contributed by atoms with van der Waals surface area (Å²) < 4.78 is 18.3. The first-order valence-electron chi connectivity index (χ1n) is 9.07. The van der Waals surface area contributed by atoms with Crippen molar-refractivity contribution >= 4 is 0 Å². The molecular formula is C18H34O5. The topological polar surface area (TPSA) is 68.2 Å². The number of hydrogen-bond donors (Lipinski definition) is 2. The molecule has 0 aromatic heterocycles. The zero-order valence-electron chi connectivity index (χ0n) is 15.3. The highest BCUT2D eigenvalue weighted by atomic mass is 16.7. The first-order chi connectivity index (χ1) is 10.8. The molecule has 0 amide bonds. The van der Waals surface area contributed by atoms with Gasteiger partial charge in [-0.25, -0.2) is 0 Å². The lowest BCUT2D eigenvalue weighted by molar-refractivity contribution is -0.310. The summed E-state index contributed by atoms with van der Waals surface area (Å²) in [6, 6.07) is 0. The molecule has 5 heteroatoms. The van der Waals surface area contributed by atoms with Crippen molar-refractivity contribution in [2.24, 2.45) is 23.7 Å². The Morgan fingerprint density at radius 2 is 1.52 bits per heavy atom. The molecule has 136 valence electrons. The van der Waals surface area contributed by atoms with Crippen molar-refractivity contribution in [3.05, 3.63) is 0 Å². The van der Waals surface area contributed by atoms with Crippen molar-refractivity contribution in [2.45, 2.75) is 84.8 Å². The fourth-order valence-corrected chi connectivity index (χ4v) is 3.82. The third-order valence-electron chi connectivity index (χ3n) is 6.20. The first kappa shape index (κ1) is 19.1. The molecule has 2 aliphatic heterocycles. The van der Waals surface area contributed by atoms with Crippen LogP contribution in [-0.2, 0) is 14.2 Å². The maximum atomic E-state index is 10.2. The van der Waals surface area contributed by atoms with Gasteiger partial charge in [0.1, 0.15) is 6.10 Å². The number of rotatable bonds is 4. The smallest absolute Gasteiger partial charge is 0.161 e. The molecule has 0 aliphatic carbocycles. The monoisotopic (exact) mass is 330 g/mol. The molecule has 2 aliphatic rings. The molecule has 10 atom stereocenters. The zero-order valence-corrected chi connectivity index (χ0v) is 15.3. The summed E-state index contributed by atoms with van der Waals surface area (Å²) in [5.41, 5.74) is 0. The van der Waals surface area contributed by atoms with Crippen LogP contribution in [0.25, 0.3) is 0 Å². The largest absolute Gasteiger partial charge is 0.394 e. The van der Waals surface area contributed by atoms with Gasteiger partial charge in [0.25, 0.3) is 0 Å². The van der Waals surface area contributed by atoms with Crippen LogP contribution in [0.15, 0.2) is 0 Å². The Balaban J connectivity index is 2.11. The maximum absolute atomic E-state index is 10.2. The van der Waals surface area contributed by atoms with Gasteiger partial charge in [-0.2, -0.15) is 0 Å². The van der Waals surface area contributed by atoms with Crippen molar-refractivity contribution in [1.29, 1.82) is 0 Å². The van der Waals surface area contributed by atoms with E-state index in [1.54, 1.807) is 0 Å². The summed E-state index contributed by atoms with van der Waals surface area (Å²) in [4.78, 5) is 0. The molecule has 4 unspecified atom stereocenters. The molecule has 5 nitrogen and oxygen atoms in total. The van der Waals surface area contributed by atoms with Crippen LogP contribution in [0, 0.1) is 23.7 Å². The van der Waals surface area contributed by atoms with Gasteiger partial charge in [-0.05, 0) is 31.1 Å². The van der Waals surface area contributed by atoms with E-state index in [4.69, 9.17) is 14.2 Å². The Morgan fingerprint density at radius 3 is 2.09 bits per heavy atom. The molecule has 2 heterocycles. The summed E-state index contributed by atoms with van der Waals surface area (Å²) in [6.07, 6.45) is -0.503. The molecule has 0 aromatic rings. The van der Waals surface area contributed by atoms with E-state index in [2.05, 4.69) is 27.7 Å². The van der Waals surface area contributed by atoms with Crippen LogP contribution in [0.2, 0.25) is 0 Å². The minimum Gasteiger partial charge on any atom is -0.394 e. The summed E-state index contributed by atoms with van der Waals surface area (Å²) >= 11 is 0. The average Bonchev–Trinajstić information content (AvgIpc) is 2.55. The lowest BCUT2D eigenvalue weighted by Gasteiger charge is -2.48. The van der Waals surface area contributed by atoms with Gasteiger partial charge < -0.3 is 24.4 Å². The molecule has 0 spiro atoms. The van der Waals surface area contributed by atoms with E-state index >= 15 is 0 Å². The number of aliphatic hydroxyl groups excluding tert-OH is 2. The molecule has 2 fully saturated rings. The maximum Gasteiger partial charge on any atom is 0.161 e. The van der Waals surface area contributed by atoms with E-state index in [0.29, 0.717) is 11.8 Å². The minimum absolute atomic E-state index is 0.0159. The quantitative estimate of drug-likeness (QED) is 0.827. The lowest BCUT2D eigenvalue weighted by atomic mass is 9.80. The SMILES string of the molecule is CCC1O[C@@H](C)C(C)[C@@H](C)[C@H]1O[C@H]1O[C@@H](CO)[C@@H](O)C(C)C1C. The molecule has 23 heavy (non-hydrogen) atoms. The molecule has 0 saturated carbocycles. The molecule has 0 aromatic carbocycles. The van der Waals surface area contributed by atoms with E-state index in [1.165, 1.54) is 0 Å². The van der Waals surface area contributed by atoms with E-state index in [9.17, 15) is 10.2 Å². The predicted octanol–water partition coefficient (Wildman–Crippen LogP) is 2.19. The second-order valence-corrected chi connectivity index (χ2v) is 7.54. The van der Waals surface area contributed by atoms with Gasteiger partial charge in [-0.15, -0.1) is 0 Å². The second-order valence-electron chi connectivity index (χ2n) is 7.54. The Morgan fingerprint density at radius 1 is 0.870 bits per heavy atom. The zero-order chi connectivity index (χ0) is 17.3. The Hall–Kier alpha value is -0.200. The fraction of sp³-hybridized carbons (Fsp3) is 1.00. The molecule has 0 bridgehead atoms. The van der Waals surface area contributed by atoms with Crippen LogP contribution in [0.5, 0.6) is 0 Å². The van der Waals surface area contributed by atoms with E-state index in [1.807, 2.05) is 13.8 Å². The predicted molar refractivity (Wildman–Crippen MR) is 87.9 cm³/mol. The van der Waals surface area contributed by atoms with Gasteiger partial charge in [0, 0.05) is 5.92 Å². The summed E-state index contributed by atoms with van der Waals surface area (Å²) in [7, 11) is 0. The molecule has 2 N–H and O–H groups in total. The summed E-state index contributed by atoms with van der Waals surface area (Å²) in [5.74, 6) is 0.863. The van der Waals surface area contributed by atoms with Crippen LogP contribution in [0.3, 0.4) is 0 Å². The third-order valence-corrected chi connectivity index (χ3v) is 6.20. The lowest BCUT2D eigenvalue weighted by Crippen LogP contribution is -2.56. The van der Waals surface area contributed by atoms with Crippen molar-refractivity contribution in [1.82, 2.24) is 0 Å². The number of aliphatic hydroxyl groups is 2. The highest BCUT2D eigenvalue weighted by Crippen LogP contribution is 2.38. The van der Waals surface area contributed by atoms with Crippen molar-refractivity contribution in [3.63, 3.8) is 0 Å². The van der Waals surface area contributed by atoms with Gasteiger partial charge in [-0.3, -0.25) is 0 Å². The Bertz CT molecular complexity index is 372. The third kappa shape index (κ3) is 3.74. The standard InChI is InChI=1S/C18H34O5/c1-7-14-17(11(4)9(2)13(6)21-14)23-18-12(5)10(3)16(20)15(8-19)22-18/h9-20H,7-8H2,1-6H3/t9?,10?,11-,12?,13+,14?,15+,16+,17-,18-/m1/s1. The molecule has 0 radical (unpaired) electrons. The van der Waals surface area contributed by atoms with Gasteiger partial charge >= 0.3 is 0 Å². The second kappa shape index (κ2) is 7.79. The highest BCUT2D eigenvalue weighted by molar-refractivity contribution is 4.90. The number of ether oxygens (including phenoxy) is 3. The van der Waals surface area contributed by atoms with Gasteiger partial charge in [-0.1, -0.05) is 34.6 Å². The van der Waals surface area contributed by atoms with Crippen LogP contribution in [-0.4, -0.2) is 53.6 Å². The van der Waals surface area contributed by atoms with Crippen molar-refractivity contribution in [2.75, 3.05) is 6.61 Å². The van der Waals surface area contributed by atoms with E-state index in [0.717, 1.165) is 6.42 Å². The summed E-state index contributed by atoms with van der Waals surface area (Å²) in [5, 5.41) is 19.6. The Labute approximate surface area is 140 Å². The van der Waals surface area contributed by atoms with Gasteiger partial charge in [0.15, 0.2) is 6.29 Å². The normalized spacial score (nSPS) is 51.7. The summed E-state index contributed by atoms with van der Waals surface area (Å²) in [6.45, 7) is 12.5. The van der Waals surface area contributed by atoms with Crippen LogP contribution in [0.1, 0.15) is 48.0 Å². The number of hydrogen-bond acceptors (Lipinski definition) is 5. The van der Waals surface area contributed by atoms with Gasteiger partial charge in [0.2, 0.25) is 0 Å². The minimum atomic E-state index is -0.657.